The van der Waals surface area contributed by atoms with Crippen LogP contribution in [0, 0.1) is 5.92 Å². The number of carbonyl (C=O) groups excluding carboxylic acids is 1. The third kappa shape index (κ3) is 3.80. The Morgan fingerprint density at radius 3 is 2.53 bits per heavy atom. The summed E-state index contributed by atoms with van der Waals surface area (Å²) in [6.07, 6.45) is 2.89. The quantitative estimate of drug-likeness (QED) is 0.902. The van der Waals surface area contributed by atoms with Gasteiger partial charge in [-0.1, -0.05) is 37.3 Å². The van der Waals surface area contributed by atoms with Crippen LogP contribution in [-0.4, -0.2) is 30.9 Å². The van der Waals surface area contributed by atoms with E-state index >= 15 is 0 Å². The number of rotatable bonds is 4. The number of piperidine rings is 1. The molecule has 1 fully saturated rings. The standard InChI is InChI=1S/C16H24N2O/c1-3-15(13-7-5-4-6-8-13)17-16(19)14-9-11-18(2)12-10-14/h4-8,14-15H,3,9-12H2,1-2H3,(H,17,19). The SMILES string of the molecule is CCC(NC(=O)C1CCN(C)CC1)c1ccccc1. The van der Waals surface area contributed by atoms with Gasteiger partial charge in [-0.15, -0.1) is 0 Å². The molecule has 0 bridgehead atoms. The van der Waals surface area contributed by atoms with Crippen LogP contribution in [0.1, 0.15) is 37.8 Å². The molecular formula is C16H24N2O. The fraction of sp³-hybridized carbons (Fsp3) is 0.562. The lowest BCUT2D eigenvalue weighted by Crippen LogP contribution is -2.40. The molecule has 1 saturated heterocycles. The van der Waals surface area contributed by atoms with E-state index in [1.807, 2.05) is 18.2 Å². The molecule has 1 heterocycles. The van der Waals surface area contributed by atoms with E-state index in [9.17, 15) is 4.79 Å². The van der Waals surface area contributed by atoms with Crippen molar-refractivity contribution in [3.05, 3.63) is 35.9 Å². The van der Waals surface area contributed by atoms with Gasteiger partial charge in [-0.25, -0.2) is 0 Å². The molecule has 1 aliphatic rings. The second kappa shape index (κ2) is 6.71. The highest BCUT2D eigenvalue weighted by molar-refractivity contribution is 5.79. The number of nitrogens with zero attached hydrogens (tertiary/aromatic N) is 1. The van der Waals surface area contributed by atoms with Crippen LogP contribution in [0.15, 0.2) is 30.3 Å². The molecule has 1 aromatic carbocycles. The Labute approximate surface area is 116 Å². The Bertz CT molecular complexity index is 396. The topological polar surface area (TPSA) is 32.3 Å². The minimum atomic E-state index is 0.147. The van der Waals surface area contributed by atoms with Crippen molar-refractivity contribution < 1.29 is 4.79 Å². The van der Waals surface area contributed by atoms with E-state index in [4.69, 9.17) is 0 Å². The van der Waals surface area contributed by atoms with Crippen molar-refractivity contribution in [2.45, 2.75) is 32.2 Å². The number of benzene rings is 1. The first-order valence-electron chi connectivity index (χ1n) is 7.24. The Morgan fingerprint density at radius 1 is 1.32 bits per heavy atom. The Balaban J connectivity index is 1.93. The van der Waals surface area contributed by atoms with Crippen LogP contribution in [0.5, 0.6) is 0 Å². The minimum Gasteiger partial charge on any atom is -0.349 e. The first-order valence-corrected chi connectivity index (χ1v) is 7.24. The van der Waals surface area contributed by atoms with Crippen molar-refractivity contribution in [2.75, 3.05) is 20.1 Å². The number of nitrogens with one attached hydrogen (secondary N) is 1. The summed E-state index contributed by atoms with van der Waals surface area (Å²) < 4.78 is 0. The van der Waals surface area contributed by atoms with Crippen LogP contribution in [0.2, 0.25) is 0 Å². The highest BCUT2D eigenvalue weighted by Gasteiger charge is 2.25. The smallest absolute Gasteiger partial charge is 0.223 e. The van der Waals surface area contributed by atoms with Gasteiger partial charge >= 0.3 is 0 Å². The monoisotopic (exact) mass is 260 g/mol. The van der Waals surface area contributed by atoms with E-state index in [1.165, 1.54) is 5.56 Å². The molecule has 104 valence electrons. The average Bonchev–Trinajstić information content (AvgIpc) is 2.46. The number of likely N-dealkylation sites (tertiary alicyclic amines) is 1. The minimum absolute atomic E-state index is 0.147. The van der Waals surface area contributed by atoms with Crippen molar-refractivity contribution in [1.29, 1.82) is 0 Å². The molecule has 1 amide bonds. The molecule has 3 nitrogen and oxygen atoms in total. The van der Waals surface area contributed by atoms with Gasteiger partial charge in [0.05, 0.1) is 6.04 Å². The summed E-state index contributed by atoms with van der Waals surface area (Å²) in [5.41, 5.74) is 1.20. The molecule has 19 heavy (non-hydrogen) atoms. The predicted octanol–water partition coefficient (Wildman–Crippen LogP) is 2.60. The first-order chi connectivity index (χ1) is 9.20. The molecule has 1 aromatic rings. The highest BCUT2D eigenvalue weighted by Crippen LogP contribution is 2.20. The van der Waals surface area contributed by atoms with E-state index in [0.717, 1.165) is 32.4 Å². The summed E-state index contributed by atoms with van der Waals surface area (Å²) in [6.45, 7) is 4.17. The zero-order valence-electron chi connectivity index (χ0n) is 11.9. The maximum atomic E-state index is 12.3. The Hall–Kier alpha value is -1.35. The summed E-state index contributed by atoms with van der Waals surface area (Å²) in [7, 11) is 2.12. The summed E-state index contributed by atoms with van der Waals surface area (Å²) >= 11 is 0. The second-order valence-electron chi connectivity index (χ2n) is 5.46. The lowest BCUT2D eigenvalue weighted by atomic mass is 9.95. The van der Waals surface area contributed by atoms with E-state index in [1.54, 1.807) is 0 Å². The fourth-order valence-corrected chi connectivity index (χ4v) is 2.67. The lowest BCUT2D eigenvalue weighted by Gasteiger charge is -2.29. The summed E-state index contributed by atoms with van der Waals surface area (Å²) in [6, 6.07) is 10.4. The molecule has 0 spiro atoms. The summed E-state index contributed by atoms with van der Waals surface area (Å²) in [5, 5.41) is 3.21. The molecule has 1 unspecified atom stereocenters. The molecule has 1 atom stereocenters. The molecule has 1 aliphatic heterocycles. The number of carbonyl (C=O) groups is 1. The maximum Gasteiger partial charge on any atom is 0.223 e. The van der Waals surface area contributed by atoms with Gasteiger partial charge in [-0.05, 0) is 45.0 Å². The third-order valence-corrected chi connectivity index (χ3v) is 4.02. The van der Waals surface area contributed by atoms with Crippen molar-refractivity contribution in [3.8, 4) is 0 Å². The van der Waals surface area contributed by atoms with Gasteiger partial charge in [0.1, 0.15) is 0 Å². The van der Waals surface area contributed by atoms with Gasteiger partial charge in [0.2, 0.25) is 5.91 Å². The Morgan fingerprint density at radius 2 is 1.95 bits per heavy atom. The normalized spacial score (nSPS) is 19.1. The fourth-order valence-electron chi connectivity index (χ4n) is 2.67. The molecule has 3 heteroatoms. The first kappa shape index (κ1) is 14.1. The number of amides is 1. The third-order valence-electron chi connectivity index (χ3n) is 4.02. The predicted molar refractivity (Wildman–Crippen MR) is 77.8 cm³/mol. The highest BCUT2D eigenvalue weighted by atomic mass is 16.1. The van der Waals surface area contributed by atoms with E-state index < -0.39 is 0 Å². The second-order valence-corrected chi connectivity index (χ2v) is 5.46. The van der Waals surface area contributed by atoms with Gasteiger partial charge in [-0.2, -0.15) is 0 Å². The van der Waals surface area contributed by atoms with Crippen LogP contribution in [0.25, 0.3) is 0 Å². The zero-order valence-corrected chi connectivity index (χ0v) is 11.9. The summed E-state index contributed by atoms with van der Waals surface area (Å²) in [4.78, 5) is 14.6. The van der Waals surface area contributed by atoms with Gasteiger partial charge in [0.25, 0.3) is 0 Å². The maximum absolute atomic E-state index is 12.3. The van der Waals surface area contributed by atoms with Gasteiger partial charge < -0.3 is 10.2 Å². The van der Waals surface area contributed by atoms with Crippen LogP contribution in [-0.2, 0) is 4.79 Å². The molecule has 0 aromatic heterocycles. The van der Waals surface area contributed by atoms with E-state index in [0.29, 0.717) is 0 Å². The molecular weight excluding hydrogens is 236 g/mol. The van der Waals surface area contributed by atoms with Crippen molar-refractivity contribution in [1.82, 2.24) is 10.2 Å². The number of hydrogen-bond acceptors (Lipinski definition) is 2. The van der Waals surface area contributed by atoms with E-state index in [-0.39, 0.29) is 17.9 Å². The van der Waals surface area contributed by atoms with E-state index in [2.05, 4.69) is 36.3 Å². The van der Waals surface area contributed by atoms with Crippen molar-refractivity contribution in [3.63, 3.8) is 0 Å². The number of hydrogen-bond donors (Lipinski definition) is 1. The van der Waals surface area contributed by atoms with Crippen LogP contribution < -0.4 is 5.32 Å². The van der Waals surface area contributed by atoms with Crippen LogP contribution in [0.4, 0.5) is 0 Å². The molecule has 0 aliphatic carbocycles. The van der Waals surface area contributed by atoms with Gasteiger partial charge in [0.15, 0.2) is 0 Å². The van der Waals surface area contributed by atoms with Crippen LogP contribution >= 0.6 is 0 Å². The molecule has 0 saturated carbocycles. The average molecular weight is 260 g/mol. The Kier molecular flexibility index (Phi) is 4.97. The van der Waals surface area contributed by atoms with Crippen LogP contribution in [0.3, 0.4) is 0 Å². The van der Waals surface area contributed by atoms with Crippen molar-refractivity contribution in [2.24, 2.45) is 5.92 Å². The zero-order chi connectivity index (χ0) is 13.7. The molecule has 2 rings (SSSR count). The largest absolute Gasteiger partial charge is 0.349 e. The van der Waals surface area contributed by atoms with Crippen molar-refractivity contribution >= 4 is 5.91 Å². The summed E-state index contributed by atoms with van der Waals surface area (Å²) in [5.74, 6) is 0.415. The molecule has 1 N–H and O–H groups in total. The molecule has 0 radical (unpaired) electrons. The lowest BCUT2D eigenvalue weighted by molar-refractivity contribution is -0.127. The van der Waals surface area contributed by atoms with Gasteiger partial charge in [0, 0.05) is 5.92 Å². The van der Waals surface area contributed by atoms with Gasteiger partial charge in [-0.3, -0.25) is 4.79 Å².